The second-order valence-electron chi connectivity index (χ2n) is 5.60. The van der Waals surface area contributed by atoms with E-state index in [-0.39, 0.29) is 5.78 Å². The smallest absolute Gasteiger partial charge is 0.161 e. The Morgan fingerprint density at radius 1 is 1.24 bits per heavy atom. The van der Waals surface area contributed by atoms with Gasteiger partial charge >= 0.3 is 0 Å². The van der Waals surface area contributed by atoms with Gasteiger partial charge in [0.15, 0.2) is 5.78 Å². The number of carbonyl (C=O) groups excluding carboxylic acids is 1. The highest BCUT2D eigenvalue weighted by Crippen LogP contribution is 2.38. The summed E-state index contributed by atoms with van der Waals surface area (Å²) in [7, 11) is 0. The molecule has 0 amide bonds. The Balaban J connectivity index is 2.00. The van der Waals surface area contributed by atoms with Gasteiger partial charge in [-0.2, -0.15) is 0 Å². The van der Waals surface area contributed by atoms with Gasteiger partial charge in [0.25, 0.3) is 0 Å². The number of rotatable bonds is 2. The van der Waals surface area contributed by atoms with Gasteiger partial charge in [-0.15, -0.1) is 0 Å². The Morgan fingerprint density at radius 2 is 1.94 bits per heavy atom. The maximum atomic E-state index is 12.0. The van der Waals surface area contributed by atoms with Crippen LogP contribution in [-0.4, -0.2) is 17.0 Å². The van der Waals surface area contributed by atoms with Gasteiger partial charge in [-0.25, -0.2) is 0 Å². The van der Waals surface area contributed by atoms with Crippen molar-refractivity contribution in [1.29, 1.82) is 0 Å². The molecule has 2 aliphatic carbocycles. The van der Waals surface area contributed by atoms with Crippen LogP contribution in [-0.2, 0) is 4.79 Å². The predicted octanol–water partition coefficient (Wildman–Crippen LogP) is 3.24. The molecular formula is C15H24O2. The zero-order chi connectivity index (χ0) is 12.3. The molecule has 2 nitrogen and oxygen atoms in total. The van der Waals surface area contributed by atoms with Crippen LogP contribution in [0.4, 0.5) is 0 Å². The van der Waals surface area contributed by atoms with Gasteiger partial charge in [0.2, 0.25) is 0 Å². The number of aliphatic hydroxyl groups excluding tert-OH is 1. The number of aliphatic hydroxyl groups is 1. The molecule has 2 atom stereocenters. The lowest BCUT2D eigenvalue weighted by Crippen LogP contribution is -2.34. The van der Waals surface area contributed by atoms with E-state index < -0.39 is 6.10 Å². The number of Topliss-reactive ketones (excluding diaryl/α,β-unsaturated/α-hetero) is 1. The highest BCUT2D eigenvalue weighted by atomic mass is 16.3. The van der Waals surface area contributed by atoms with E-state index in [1.807, 2.05) is 13.0 Å². The van der Waals surface area contributed by atoms with Crippen molar-refractivity contribution in [1.82, 2.24) is 0 Å². The van der Waals surface area contributed by atoms with Crippen molar-refractivity contribution < 1.29 is 9.90 Å². The summed E-state index contributed by atoms with van der Waals surface area (Å²) in [6, 6.07) is 0. The first-order valence-corrected chi connectivity index (χ1v) is 7.13. The largest absolute Gasteiger partial charge is 0.388 e. The minimum Gasteiger partial charge on any atom is -0.388 e. The highest BCUT2D eigenvalue weighted by molar-refractivity contribution is 5.97. The molecule has 0 heterocycles. The van der Waals surface area contributed by atoms with E-state index in [0.29, 0.717) is 23.8 Å². The van der Waals surface area contributed by atoms with E-state index in [1.54, 1.807) is 0 Å². The minimum absolute atomic E-state index is 0.196. The topological polar surface area (TPSA) is 37.3 Å². The summed E-state index contributed by atoms with van der Waals surface area (Å²) in [5, 5.41) is 10.1. The maximum absolute atomic E-state index is 12.0. The van der Waals surface area contributed by atoms with Crippen molar-refractivity contribution in [3.63, 3.8) is 0 Å². The molecule has 0 spiro atoms. The number of carbonyl (C=O) groups is 1. The average Bonchev–Trinajstić information content (AvgIpc) is 2.35. The first kappa shape index (κ1) is 12.8. The van der Waals surface area contributed by atoms with E-state index in [1.165, 1.54) is 32.1 Å². The fourth-order valence-corrected chi connectivity index (χ4v) is 3.47. The molecule has 17 heavy (non-hydrogen) atoms. The van der Waals surface area contributed by atoms with Crippen molar-refractivity contribution in [2.45, 2.75) is 64.4 Å². The van der Waals surface area contributed by atoms with Gasteiger partial charge in [0, 0.05) is 12.0 Å². The summed E-state index contributed by atoms with van der Waals surface area (Å²) < 4.78 is 0. The van der Waals surface area contributed by atoms with Gasteiger partial charge in [0.1, 0.15) is 0 Å². The lowest BCUT2D eigenvalue weighted by molar-refractivity contribution is -0.120. The molecule has 2 unspecified atom stereocenters. The SMILES string of the molecule is CC/C=C1\C(=O)CC(C2CCCCC2)CC1O. The third-order valence-electron chi connectivity index (χ3n) is 4.40. The minimum atomic E-state index is -0.497. The molecule has 96 valence electrons. The van der Waals surface area contributed by atoms with Crippen LogP contribution in [0.5, 0.6) is 0 Å². The van der Waals surface area contributed by atoms with Gasteiger partial charge in [-0.3, -0.25) is 4.79 Å². The number of hydrogen-bond acceptors (Lipinski definition) is 2. The van der Waals surface area contributed by atoms with E-state index in [0.717, 1.165) is 12.8 Å². The highest BCUT2D eigenvalue weighted by Gasteiger charge is 2.34. The Kier molecular flexibility index (Phi) is 4.38. The van der Waals surface area contributed by atoms with Crippen molar-refractivity contribution in [3.8, 4) is 0 Å². The summed E-state index contributed by atoms with van der Waals surface area (Å²) in [5.41, 5.74) is 0.680. The van der Waals surface area contributed by atoms with Crippen molar-refractivity contribution in [2.75, 3.05) is 0 Å². The van der Waals surface area contributed by atoms with Crippen LogP contribution >= 0.6 is 0 Å². The number of ketones is 1. The number of allylic oxidation sites excluding steroid dienone is 1. The van der Waals surface area contributed by atoms with E-state index in [9.17, 15) is 9.90 Å². The summed E-state index contributed by atoms with van der Waals surface area (Å²) >= 11 is 0. The monoisotopic (exact) mass is 236 g/mol. The first-order valence-electron chi connectivity index (χ1n) is 7.13. The Morgan fingerprint density at radius 3 is 2.53 bits per heavy atom. The van der Waals surface area contributed by atoms with E-state index in [4.69, 9.17) is 0 Å². The van der Waals surface area contributed by atoms with Gasteiger partial charge in [0.05, 0.1) is 6.10 Å². The summed E-state index contributed by atoms with van der Waals surface area (Å²) in [6.07, 6.45) is 10.2. The molecule has 0 radical (unpaired) electrons. The molecule has 0 aromatic heterocycles. The Hall–Kier alpha value is -0.630. The van der Waals surface area contributed by atoms with Crippen LogP contribution < -0.4 is 0 Å². The van der Waals surface area contributed by atoms with Crippen LogP contribution in [0.2, 0.25) is 0 Å². The van der Waals surface area contributed by atoms with Gasteiger partial charge < -0.3 is 5.11 Å². The molecule has 0 aromatic carbocycles. The number of hydrogen-bond donors (Lipinski definition) is 1. The van der Waals surface area contributed by atoms with Crippen LogP contribution in [0.3, 0.4) is 0 Å². The molecule has 1 N–H and O–H groups in total. The molecular weight excluding hydrogens is 212 g/mol. The third-order valence-corrected chi connectivity index (χ3v) is 4.40. The van der Waals surface area contributed by atoms with Gasteiger partial charge in [-0.05, 0) is 24.7 Å². The first-order chi connectivity index (χ1) is 8.22. The van der Waals surface area contributed by atoms with Crippen molar-refractivity contribution >= 4 is 5.78 Å². The molecule has 0 aromatic rings. The Labute approximate surface area is 104 Å². The lowest BCUT2D eigenvalue weighted by Gasteiger charge is -2.35. The average molecular weight is 236 g/mol. The summed E-state index contributed by atoms with van der Waals surface area (Å²) in [6.45, 7) is 2.01. The van der Waals surface area contributed by atoms with Crippen LogP contribution in [0.15, 0.2) is 11.6 Å². The van der Waals surface area contributed by atoms with E-state index >= 15 is 0 Å². The molecule has 2 heteroatoms. The molecule has 0 aliphatic heterocycles. The quantitative estimate of drug-likeness (QED) is 0.747. The predicted molar refractivity (Wildman–Crippen MR) is 68.7 cm³/mol. The third kappa shape index (κ3) is 2.98. The molecule has 0 bridgehead atoms. The second kappa shape index (κ2) is 5.81. The van der Waals surface area contributed by atoms with Gasteiger partial charge in [-0.1, -0.05) is 45.1 Å². The molecule has 0 saturated heterocycles. The second-order valence-corrected chi connectivity index (χ2v) is 5.60. The van der Waals surface area contributed by atoms with Crippen molar-refractivity contribution in [2.24, 2.45) is 11.8 Å². The summed E-state index contributed by atoms with van der Waals surface area (Å²) in [5.74, 6) is 1.32. The fourth-order valence-electron chi connectivity index (χ4n) is 3.47. The van der Waals surface area contributed by atoms with Crippen LogP contribution in [0.25, 0.3) is 0 Å². The maximum Gasteiger partial charge on any atom is 0.161 e. The summed E-state index contributed by atoms with van der Waals surface area (Å²) in [4.78, 5) is 12.0. The Bertz CT molecular complexity index is 300. The molecule has 2 saturated carbocycles. The molecule has 2 fully saturated rings. The molecule has 2 aliphatic rings. The standard InChI is InChI=1S/C15H24O2/c1-2-6-13-14(16)9-12(10-15(13)17)11-7-4-3-5-8-11/h6,11-12,14,16H,2-5,7-10H2,1H3/b13-6-. The van der Waals surface area contributed by atoms with Crippen LogP contribution in [0.1, 0.15) is 58.3 Å². The lowest BCUT2D eigenvalue weighted by atomic mass is 9.71. The fraction of sp³-hybridized carbons (Fsp3) is 0.800. The zero-order valence-electron chi connectivity index (χ0n) is 10.8. The van der Waals surface area contributed by atoms with Crippen molar-refractivity contribution in [3.05, 3.63) is 11.6 Å². The van der Waals surface area contributed by atoms with Crippen LogP contribution in [0, 0.1) is 11.8 Å². The molecule has 2 rings (SSSR count). The zero-order valence-corrected chi connectivity index (χ0v) is 10.8. The van der Waals surface area contributed by atoms with E-state index in [2.05, 4.69) is 0 Å². The normalized spacial score (nSPS) is 34.2.